The lowest BCUT2D eigenvalue weighted by atomic mass is 10.0. The zero-order chi connectivity index (χ0) is 14.0. The highest BCUT2D eigenvalue weighted by molar-refractivity contribution is 5.74. The highest BCUT2D eigenvalue weighted by Crippen LogP contribution is 2.06. The molecule has 5 N–H and O–H groups in total. The zero-order valence-electron chi connectivity index (χ0n) is 11.0. The molecule has 7 nitrogen and oxygen atoms in total. The molecule has 0 aromatic carbocycles. The fraction of sp³-hybridized carbons (Fsp3) is 0.818. The van der Waals surface area contributed by atoms with Crippen molar-refractivity contribution >= 4 is 12.0 Å². The minimum Gasteiger partial charge on any atom is -0.481 e. The van der Waals surface area contributed by atoms with Gasteiger partial charge in [0.25, 0.3) is 0 Å². The number of urea groups is 1. The van der Waals surface area contributed by atoms with Crippen LogP contribution in [0.25, 0.3) is 0 Å². The van der Waals surface area contributed by atoms with E-state index in [1.807, 2.05) is 6.92 Å². The molecule has 0 fully saturated rings. The molecule has 106 valence electrons. The van der Waals surface area contributed by atoms with Crippen LogP contribution in [0.15, 0.2) is 0 Å². The van der Waals surface area contributed by atoms with Crippen LogP contribution in [0, 0.1) is 0 Å². The number of hydrogen-bond acceptors (Lipinski definition) is 4. The van der Waals surface area contributed by atoms with Crippen LogP contribution in [0.3, 0.4) is 0 Å². The minimum absolute atomic E-state index is 0.0989. The third-order valence-electron chi connectivity index (χ3n) is 2.23. The largest absolute Gasteiger partial charge is 0.481 e. The van der Waals surface area contributed by atoms with Gasteiger partial charge >= 0.3 is 12.0 Å². The Bertz CT molecular complexity index is 269. The van der Waals surface area contributed by atoms with E-state index < -0.39 is 24.0 Å². The van der Waals surface area contributed by atoms with Crippen molar-refractivity contribution in [2.45, 2.75) is 32.3 Å². The van der Waals surface area contributed by atoms with Gasteiger partial charge < -0.3 is 26.2 Å². The number of rotatable bonds is 9. The number of carbonyl (C=O) groups excluding carboxylic acids is 1. The average molecular weight is 261 g/mol. The molecule has 0 radical (unpaired) electrons. The quantitative estimate of drug-likeness (QED) is 0.360. The lowest BCUT2D eigenvalue weighted by molar-refractivity contribution is -0.141. The van der Waals surface area contributed by atoms with Crippen molar-refractivity contribution in [3.63, 3.8) is 0 Å². The summed E-state index contributed by atoms with van der Waals surface area (Å²) in [5, 5.41) is 26.4. The van der Waals surface area contributed by atoms with Gasteiger partial charge in [0, 0.05) is 13.1 Å². The first-order valence-corrected chi connectivity index (χ1v) is 6.04. The molecule has 0 rings (SSSR count). The molecular formula is C11H23N3O4. The maximum atomic E-state index is 11.3. The summed E-state index contributed by atoms with van der Waals surface area (Å²) in [7, 11) is 0. The van der Waals surface area contributed by atoms with E-state index in [1.165, 1.54) is 6.92 Å². The van der Waals surface area contributed by atoms with Crippen molar-refractivity contribution in [1.82, 2.24) is 16.0 Å². The van der Waals surface area contributed by atoms with Crippen LogP contribution in [0.2, 0.25) is 0 Å². The van der Waals surface area contributed by atoms with Crippen molar-refractivity contribution < 1.29 is 19.8 Å². The molecular weight excluding hydrogens is 238 g/mol. The van der Waals surface area contributed by atoms with Crippen LogP contribution in [-0.4, -0.2) is 54.0 Å². The maximum absolute atomic E-state index is 11.3. The van der Waals surface area contributed by atoms with Gasteiger partial charge in [0.05, 0.1) is 12.0 Å². The van der Waals surface area contributed by atoms with Gasteiger partial charge in [-0.1, -0.05) is 6.92 Å². The number of carboxylic acid groups (broad SMARTS) is 1. The van der Waals surface area contributed by atoms with Crippen molar-refractivity contribution in [2.24, 2.45) is 0 Å². The summed E-state index contributed by atoms with van der Waals surface area (Å²) in [6.45, 7) is 5.52. The van der Waals surface area contributed by atoms with E-state index in [0.717, 1.165) is 19.5 Å². The zero-order valence-corrected chi connectivity index (χ0v) is 11.0. The average Bonchev–Trinajstić information content (AvgIpc) is 2.24. The second kappa shape index (κ2) is 8.71. The smallest absolute Gasteiger partial charge is 0.314 e. The van der Waals surface area contributed by atoms with Crippen LogP contribution in [0.4, 0.5) is 4.79 Å². The van der Waals surface area contributed by atoms with Gasteiger partial charge in [-0.15, -0.1) is 0 Å². The molecule has 0 bridgehead atoms. The SMILES string of the molecule is CCNCCCNC(=O)NCC(C)(O)CC(=O)O. The Hall–Kier alpha value is -1.34. The number of amides is 2. The fourth-order valence-electron chi connectivity index (χ4n) is 1.31. The molecule has 7 heteroatoms. The molecule has 0 aromatic rings. The first-order valence-electron chi connectivity index (χ1n) is 6.04. The van der Waals surface area contributed by atoms with Crippen LogP contribution >= 0.6 is 0 Å². The monoisotopic (exact) mass is 261 g/mol. The van der Waals surface area contributed by atoms with Crippen LogP contribution in [0.5, 0.6) is 0 Å². The van der Waals surface area contributed by atoms with E-state index in [4.69, 9.17) is 5.11 Å². The molecule has 0 heterocycles. The van der Waals surface area contributed by atoms with E-state index in [9.17, 15) is 14.7 Å². The van der Waals surface area contributed by atoms with Crippen LogP contribution in [0.1, 0.15) is 26.7 Å². The number of aliphatic hydroxyl groups is 1. The molecule has 0 aliphatic rings. The predicted molar refractivity (Wildman–Crippen MR) is 67.4 cm³/mol. The summed E-state index contributed by atoms with van der Waals surface area (Å²) in [5.74, 6) is -1.10. The number of carbonyl (C=O) groups is 2. The van der Waals surface area contributed by atoms with E-state index in [1.54, 1.807) is 0 Å². The lowest BCUT2D eigenvalue weighted by Crippen LogP contribution is -2.46. The predicted octanol–water partition coefficient (Wildman–Crippen LogP) is -0.489. The van der Waals surface area contributed by atoms with Crippen molar-refractivity contribution in [3.05, 3.63) is 0 Å². The van der Waals surface area contributed by atoms with E-state index in [2.05, 4.69) is 16.0 Å². The molecule has 0 aliphatic heterocycles. The Labute approximate surface area is 107 Å². The molecule has 0 spiro atoms. The molecule has 18 heavy (non-hydrogen) atoms. The van der Waals surface area contributed by atoms with Crippen molar-refractivity contribution in [2.75, 3.05) is 26.2 Å². The molecule has 2 amide bonds. The fourth-order valence-corrected chi connectivity index (χ4v) is 1.31. The number of hydrogen-bond donors (Lipinski definition) is 5. The van der Waals surface area contributed by atoms with Gasteiger partial charge in [-0.3, -0.25) is 4.79 Å². The normalized spacial score (nSPS) is 13.7. The van der Waals surface area contributed by atoms with E-state index in [-0.39, 0.29) is 6.54 Å². The minimum atomic E-state index is -1.44. The topological polar surface area (TPSA) is 111 Å². The molecule has 1 atom stereocenters. The van der Waals surface area contributed by atoms with Gasteiger partial charge in [-0.25, -0.2) is 4.79 Å². The van der Waals surface area contributed by atoms with Gasteiger partial charge in [0.15, 0.2) is 0 Å². The Morgan fingerprint density at radius 3 is 2.44 bits per heavy atom. The second-order valence-corrected chi connectivity index (χ2v) is 4.38. The first-order chi connectivity index (χ1) is 8.37. The summed E-state index contributed by atoms with van der Waals surface area (Å²) in [6.07, 6.45) is 0.403. The number of aliphatic carboxylic acids is 1. The second-order valence-electron chi connectivity index (χ2n) is 4.38. The highest BCUT2D eigenvalue weighted by atomic mass is 16.4. The molecule has 0 aromatic heterocycles. The standard InChI is InChI=1S/C11H23N3O4/c1-3-12-5-4-6-13-10(17)14-8-11(2,18)7-9(15)16/h12,18H,3-8H2,1-2H3,(H,15,16)(H2,13,14,17). The van der Waals surface area contributed by atoms with Crippen molar-refractivity contribution in [3.8, 4) is 0 Å². The Morgan fingerprint density at radius 2 is 1.89 bits per heavy atom. The van der Waals surface area contributed by atoms with E-state index >= 15 is 0 Å². The first kappa shape index (κ1) is 16.7. The number of nitrogens with one attached hydrogen (secondary N) is 3. The third kappa shape index (κ3) is 9.86. The summed E-state index contributed by atoms with van der Waals surface area (Å²) in [4.78, 5) is 21.7. The van der Waals surface area contributed by atoms with Crippen molar-refractivity contribution in [1.29, 1.82) is 0 Å². The number of carboxylic acids is 1. The van der Waals surface area contributed by atoms with Gasteiger partial charge in [-0.05, 0) is 26.4 Å². The lowest BCUT2D eigenvalue weighted by Gasteiger charge is -2.21. The van der Waals surface area contributed by atoms with Gasteiger partial charge in [0.1, 0.15) is 0 Å². The summed E-state index contributed by atoms with van der Waals surface area (Å²) in [6, 6.07) is -0.405. The van der Waals surface area contributed by atoms with Crippen LogP contribution in [-0.2, 0) is 4.79 Å². The van der Waals surface area contributed by atoms with Crippen LogP contribution < -0.4 is 16.0 Å². The Balaban J connectivity index is 3.66. The summed E-state index contributed by atoms with van der Waals surface area (Å²) < 4.78 is 0. The van der Waals surface area contributed by atoms with Gasteiger partial charge in [-0.2, -0.15) is 0 Å². The highest BCUT2D eigenvalue weighted by Gasteiger charge is 2.24. The molecule has 1 unspecified atom stereocenters. The van der Waals surface area contributed by atoms with Gasteiger partial charge in [0.2, 0.25) is 0 Å². The molecule has 0 aliphatic carbocycles. The molecule has 0 saturated heterocycles. The molecule has 0 saturated carbocycles. The third-order valence-corrected chi connectivity index (χ3v) is 2.23. The van der Waals surface area contributed by atoms with E-state index in [0.29, 0.717) is 6.54 Å². The maximum Gasteiger partial charge on any atom is 0.314 e. The summed E-state index contributed by atoms with van der Waals surface area (Å²) in [5.41, 5.74) is -1.44. The Kier molecular flexibility index (Phi) is 8.06. The summed E-state index contributed by atoms with van der Waals surface area (Å²) >= 11 is 0. The Morgan fingerprint density at radius 1 is 1.22 bits per heavy atom.